The van der Waals surface area contributed by atoms with Gasteiger partial charge < -0.3 is 15.0 Å². The number of benzene rings is 2. The highest BCUT2D eigenvalue weighted by atomic mass is 16.5. The summed E-state index contributed by atoms with van der Waals surface area (Å²) in [7, 11) is 1.84. The fourth-order valence-electron chi connectivity index (χ4n) is 3.69. The number of pyridine rings is 1. The zero-order chi connectivity index (χ0) is 19.2. The van der Waals surface area contributed by atoms with Gasteiger partial charge in [-0.2, -0.15) is 0 Å². The molecule has 5 nitrogen and oxygen atoms in total. The molecule has 2 aromatic carbocycles. The molecule has 1 fully saturated rings. The molecule has 4 rings (SSSR count). The van der Waals surface area contributed by atoms with E-state index in [9.17, 15) is 0 Å². The van der Waals surface area contributed by atoms with Gasteiger partial charge in [0.1, 0.15) is 11.9 Å². The van der Waals surface area contributed by atoms with E-state index in [-0.39, 0.29) is 6.10 Å². The van der Waals surface area contributed by atoms with Crippen LogP contribution >= 0.6 is 0 Å². The summed E-state index contributed by atoms with van der Waals surface area (Å²) in [6.45, 7) is 2.58. The number of nitrogens with one attached hydrogen (secondary N) is 1. The van der Waals surface area contributed by atoms with Crippen LogP contribution in [-0.4, -0.2) is 42.1 Å². The molecule has 0 radical (unpaired) electrons. The Kier molecular flexibility index (Phi) is 5.71. The lowest BCUT2D eigenvalue weighted by atomic mass is 10.1. The van der Waals surface area contributed by atoms with Crippen molar-refractivity contribution < 1.29 is 4.74 Å². The van der Waals surface area contributed by atoms with E-state index in [1.165, 1.54) is 5.56 Å². The summed E-state index contributed by atoms with van der Waals surface area (Å²) in [5, 5.41) is 4.67. The minimum Gasteiger partial charge on any atom is -0.490 e. The van der Waals surface area contributed by atoms with Crippen LogP contribution in [0.2, 0.25) is 0 Å². The smallest absolute Gasteiger partial charge is 0.193 e. The Bertz CT molecular complexity index is 928. The molecule has 1 saturated heterocycles. The number of para-hydroxylation sites is 2. The van der Waals surface area contributed by atoms with Crippen molar-refractivity contribution in [3.8, 4) is 5.75 Å². The van der Waals surface area contributed by atoms with Gasteiger partial charge in [-0.25, -0.2) is 0 Å². The maximum absolute atomic E-state index is 6.10. The van der Waals surface area contributed by atoms with Gasteiger partial charge in [0, 0.05) is 51.1 Å². The van der Waals surface area contributed by atoms with Crippen LogP contribution in [0.1, 0.15) is 18.4 Å². The molecule has 0 saturated carbocycles. The molecular formula is C23H26N4O. The van der Waals surface area contributed by atoms with Crippen LogP contribution < -0.4 is 10.1 Å². The highest BCUT2D eigenvalue weighted by molar-refractivity contribution is 5.83. The summed E-state index contributed by atoms with van der Waals surface area (Å²) in [5.74, 6) is 1.89. The predicted molar refractivity (Wildman–Crippen MR) is 114 cm³/mol. The lowest BCUT2D eigenvalue weighted by Crippen LogP contribution is -2.47. The Balaban J connectivity index is 1.34. The number of aromatic nitrogens is 1. The molecule has 0 amide bonds. The largest absolute Gasteiger partial charge is 0.490 e. The van der Waals surface area contributed by atoms with Gasteiger partial charge in [-0.05, 0) is 23.8 Å². The Morgan fingerprint density at radius 2 is 1.86 bits per heavy atom. The molecule has 3 aromatic rings. The third-order valence-electron chi connectivity index (χ3n) is 5.15. The molecule has 1 aromatic heterocycles. The molecule has 0 unspecified atom stereocenters. The van der Waals surface area contributed by atoms with E-state index in [1.54, 1.807) is 0 Å². The van der Waals surface area contributed by atoms with Gasteiger partial charge in [0.15, 0.2) is 5.96 Å². The van der Waals surface area contributed by atoms with Gasteiger partial charge in [0.2, 0.25) is 0 Å². The number of hydrogen-bond donors (Lipinski definition) is 1. The molecule has 1 N–H and O–H groups in total. The number of rotatable bonds is 4. The number of likely N-dealkylation sites (tertiary alicyclic amines) is 1. The molecule has 0 spiro atoms. The maximum Gasteiger partial charge on any atom is 0.193 e. The number of aliphatic imine (C=N–C) groups is 1. The van der Waals surface area contributed by atoms with E-state index in [1.807, 2.05) is 49.6 Å². The molecule has 0 bridgehead atoms. The molecule has 1 aliphatic heterocycles. The fraction of sp³-hybridized carbons (Fsp3) is 0.304. The summed E-state index contributed by atoms with van der Waals surface area (Å²) < 4.78 is 6.10. The second-order valence-corrected chi connectivity index (χ2v) is 7.01. The fourth-order valence-corrected chi connectivity index (χ4v) is 3.69. The van der Waals surface area contributed by atoms with E-state index in [0.29, 0.717) is 6.54 Å². The number of nitrogens with zero attached hydrogens (tertiary/aromatic N) is 3. The summed E-state index contributed by atoms with van der Waals surface area (Å²) in [5.41, 5.74) is 2.23. The molecule has 0 aliphatic carbocycles. The average Bonchev–Trinajstić information content (AvgIpc) is 2.76. The van der Waals surface area contributed by atoms with E-state index < -0.39 is 0 Å². The highest BCUT2D eigenvalue weighted by Crippen LogP contribution is 2.19. The molecule has 28 heavy (non-hydrogen) atoms. The van der Waals surface area contributed by atoms with E-state index in [0.717, 1.165) is 48.5 Å². The molecule has 5 heteroatoms. The molecule has 0 atom stereocenters. The zero-order valence-electron chi connectivity index (χ0n) is 16.2. The Morgan fingerprint density at radius 1 is 1.07 bits per heavy atom. The predicted octanol–water partition coefficient (Wildman–Crippen LogP) is 3.85. The number of ether oxygens (including phenoxy) is 1. The monoisotopic (exact) mass is 374 g/mol. The quantitative estimate of drug-likeness (QED) is 0.557. The summed E-state index contributed by atoms with van der Waals surface area (Å²) in [6.07, 6.45) is 4.09. The van der Waals surface area contributed by atoms with Crippen LogP contribution in [0.15, 0.2) is 71.9 Å². The summed E-state index contributed by atoms with van der Waals surface area (Å²) in [4.78, 5) is 11.3. The number of piperidine rings is 1. The zero-order valence-corrected chi connectivity index (χ0v) is 16.2. The van der Waals surface area contributed by atoms with Crippen LogP contribution in [0.25, 0.3) is 10.9 Å². The van der Waals surface area contributed by atoms with Crippen LogP contribution in [0.4, 0.5) is 0 Å². The number of fused-ring (bicyclic) bond motifs is 1. The third kappa shape index (κ3) is 4.25. The average molecular weight is 374 g/mol. The summed E-state index contributed by atoms with van der Waals surface area (Å²) in [6, 6.07) is 20.4. The first-order chi connectivity index (χ1) is 13.8. The van der Waals surface area contributed by atoms with Crippen LogP contribution in [0.3, 0.4) is 0 Å². The molecule has 1 aliphatic rings. The number of hydrogen-bond acceptors (Lipinski definition) is 3. The molecule has 2 heterocycles. The van der Waals surface area contributed by atoms with Crippen molar-refractivity contribution in [3.05, 3.63) is 72.4 Å². The molecule has 144 valence electrons. The van der Waals surface area contributed by atoms with Crippen molar-refractivity contribution in [2.24, 2.45) is 4.99 Å². The first-order valence-corrected chi connectivity index (χ1v) is 9.83. The minimum atomic E-state index is 0.263. The van der Waals surface area contributed by atoms with Crippen molar-refractivity contribution in [3.63, 3.8) is 0 Å². The lowest BCUT2D eigenvalue weighted by Gasteiger charge is -2.34. The van der Waals surface area contributed by atoms with Crippen LogP contribution in [0.5, 0.6) is 5.75 Å². The van der Waals surface area contributed by atoms with Crippen molar-refractivity contribution >= 4 is 16.9 Å². The van der Waals surface area contributed by atoms with Gasteiger partial charge in [-0.3, -0.25) is 9.98 Å². The van der Waals surface area contributed by atoms with Gasteiger partial charge in [0.05, 0.1) is 5.52 Å². The lowest BCUT2D eigenvalue weighted by molar-refractivity contribution is 0.129. The Labute approximate surface area is 166 Å². The van der Waals surface area contributed by atoms with Crippen molar-refractivity contribution in [2.45, 2.75) is 25.5 Å². The first-order valence-electron chi connectivity index (χ1n) is 9.83. The normalized spacial score (nSPS) is 15.6. The van der Waals surface area contributed by atoms with Gasteiger partial charge in [0.25, 0.3) is 0 Å². The summed E-state index contributed by atoms with van der Waals surface area (Å²) >= 11 is 0. The van der Waals surface area contributed by atoms with E-state index >= 15 is 0 Å². The Hall–Kier alpha value is -3.08. The standard InChI is InChI=1S/C23H26N4O/c1-24-23(26-17-19-8-5-7-18-9-6-14-25-22(18)19)27-15-12-21(13-16-27)28-20-10-3-2-4-11-20/h2-11,14,21H,12-13,15-17H2,1H3,(H,24,26). The van der Waals surface area contributed by atoms with Crippen molar-refractivity contribution in [1.82, 2.24) is 15.2 Å². The SMILES string of the molecule is CN=C(NCc1cccc2cccnc12)N1CCC(Oc2ccccc2)CC1. The third-order valence-corrected chi connectivity index (χ3v) is 5.15. The highest BCUT2D eigenvalue weighted by Gasteiger charge is 2.22. The topological polar surface area (TPSA) is 49.8 Å². The Morgan fingerprint density at radius 3 is 2.64 bits per heavy atom. The van der Waals surface area contributed by atoms with E-state index in [4.69, 9.17) is 4.74 Å². The second kappa shape index (κ2) is 8.74. The van der Waals surface area contributed by atoms with E-state index in [2.05, 4.69) is 44.5 Å². The maximum atomic E-state index is 6.10. The van der Waals surface area contributed by atoms with Gasteiger partial charge in [-0.15, -0.1) is 0 Å². The van der Waals surface area contributed by atoms with Crippen LogP contribution in [-0.2, 0) is 6.54 Å². The van der Waals surface area contributed by atoms with Crippen molar-refractivity contribution in [2.75, 3.05) is 20.1 Å². The van der Waals surface area contributed by atoms with Gasteiger partial charge >= 0.3 is 0 Å². The van der Waals surface area contributed by atoms with Gasteiger partial charge in [-0.1, -0.05) is 42.5 Å². The first kappa shape index (κ1) is 18.3. The second-order valence-electron chi connectivity index (χ2n) is 7.01. The number of guanidine groups is 1. The minimum absolute atomic E-state index is 0.263. The van der Waals surface area contributed by atoms with Crippen molar-refractivity contribution in [1.29, 1.82) is 0 Å². The van der Waals surface area contributed by atoms with Crippen LogP contribution in [0, 0.1) is 0 Å². The molecular weight excluding hydrogens is 348 g/mol.